The lowest BCUT2D eigenvalue weighted by atomic mass is 9.95. The maximum absolute atomic E-state index is 13.4. The smallest absolute Gasteiger partial charge is 0.187 e. The Morgan fingerprint density at radius 3 is 1.70 bits per heavy atom. The van der Waals surface area contributed by atoms with E-state index in [0.717, 1.165) is 0 Å². The molecular weight excluding hydrogens is 348 g/mol. The van der Waals surface area contributed by atoms with Gasteiger partial charge < -0.3 is 5.32 Å². The van der Waals surface area contributed by atoms with Crippen molar-refractivity contribution < 1.29 is 13.6 Å². The van der Waals surface area contributed by atoms with Gasteiger partial charge in [-0.3, -0.25) is 4.79 Å². The van der Waals surface area contributed by atoms with Crippen molar-refractivity contribution in [1.29, 1.82) is 10.5 Å². The summed E-state index contributed by atoms with van der Waals surface area (Å²) in [6.07, 6.45) is 3.21. The highest BCUT2D eigenvalue weighted by molar-refractivity contribution is 6.14. The lowest BCUT2D eigenvalue weighted by molar-refractivity contribution is -0.112. The molecule has 27 heavy (non-hydrogen) atoms. The molecule has 2 aromatic carbocycles. The van der Waals surface area contributed by atoms with Crippen molar-refractivity contribution in [3.8, 4) is 12.1 Å². The van der Waals surface area contributed by atoms with Gasteiger partial charge in [-0.1, -0.05) is 12.1 Å². The highest BCUT2D eigenvalue weighted by atomic mass is 19.1. The second-order valence-electron chi connectivity index (χ2n) is 5.97. The zero-order chi connectivity index (χ0) is 19.4. The molecule has 0 aliphatic carbocycles. The van der Waals surface area contributed by atoms with Crippen LogP contribution in [0.15, 0.2) is 47.5 Å². The minimum Gasteiger partial charge on any atom is -0.308 e. The van der Waals surface area contributed by atoms with Gasteiger partial charge in [0.25, 0.3) is 0 Å². The number of rotatable bonds is 2. The van der Waals surface area contributed by atoms with E-state index >= 15 is 0 Å². The summed E-state index contributed by atoms with van der Waals surface area (Å²) in [4.78, 5) is 12.7. The van der Waals surface area contributed by atoms with Crippen LogP contribution in [0.2, 0.25) is 0 Å². The number of hydrogen-bond acceptors (Lipinski definition) is 4. The first kappa shape index (κ1) is 18.2. The van der Waals surface area contributed by atoms with Gasteiger partial charge in [0.15, 0.2) is 5.78 Å². The molecule has 2 aromatic rings. The Hall–Kier alpha value is -3.61. The first-order valence-corrected chi connectivity index (χ1v) is 8.07. The number of hydrogen-bond donors (Lipinski definition) is 1. The molecular formula is C21H13F2N3O. The fourth-order valence-corrected chi connectivity index (χ4v) is 2.77. The predicted molar refractivity (Wildman–Crippen MR) is 96.1 cm³/mol. The van der Waals surface area contributed by atoms with Crippen molar-refractivity contribution in [1.82, 2.24) is 5.32 Å². The molecule has 0 spiro atoms. The van der Waals surface area contributed by atoms with E-state index < -0.39 is 11.6 Å². The van der Waals surface area contributed by atoms with E-state index in [-0.39, 0.29) is 16.9 Å². The summed E-state index contributed by atoms with van der Waals surface area (Å²) in [5.41, 5.74) is 1.84. The molecule has 1 heterocycles. The Bertz CT molecular complexity index is 988. The van der Waals surface area contributed by atoms with Gasteiger partial charge in [0.2, 0.25) is 0 Å². The van der Waals surface area contributed by atoms with E-state index in [4.69, 9.17) is 10.5 Å². The fraction of sp³-hybridized carbons (Fsp3) is 0.0952. The zero-order valence-corrected chi connectivity index (χ0v) is 14.1. The zero-order valence-electron chi connectivity index (χ0n) is 14.1. The second-order valence-corrected chi connectivity index (χ2v) is 5.97. The lowest BCUT2D eigenvalue weighted by Crippen LogP contribution is -2.32. The minimum absolute atomic E-state index is 0.0910. The molecule has 1 N–H and O–H groups in total. The van der Waals surface area contributed by atoms with Gasteiger partial charge in [-0.05, 0) is 47.5 Å². The molecule has 1 fully saturated rings. The molecule has 0 radical (unpaired) electrons. The normalized spacial score (nSPS) is 17.0. The SMILES string of the molecule is N#Cc1cc(/C=C2\CNC/C(=C\c3ccc(F)c(C#N)c3)C2=O)ccc1F. The van der Waals surface area contributed by atoms with Crippen LogP contribution in [-0.2, 0) is 4.79 Å². The summed E-state index contributed by atoms with van der Waals surface area (Å²) in [5.74, 6) is -1.42. The van der Waals surface area contributed by atoms with Crippen molar-refractivity contribution in [2.24, 2.45) is 0 Å². The van der Waals surface area contributed by atoms with E-state index in [2.05, 4.69) is 5.32 Å². The number of benzene rings is 2. The Morgan fingerprint density at radius 1 is 0.852 bits per heavy atom. The van der Waals surface area contributed by atoms with Gasteiger partial charge in [-0.15, -0.1) is 0 Å². The Labute approximate surface area is 154 Å². The number of halogens is 2. The van der Waals surface area contributed by atoms with Crippen LogP contribution in [0.4, 0.5) is 8.78 Å². The van der Waals surface area contributed by atoms with Crippen LogP contribution in [0, 0.1) is 34.3 Å². The third-order valence-electron chi connectivity index (χ3n) is 4.12. The average Bonchev–Trinajstić information content (AvgIpc) is 2.67. The van der Waals surface area contributed by atoms with Crippen LogP contribution < -0.4 is 5.32 Å². The first-order chi connectivity index (χ1) is 13.0. The van der Waals surface area contributed by atoms with Crippen LogP contribution in [0.5, 0.6) is 0 Å². The highest BCUT2D eigenvalue weighted by Crippen LogP contribution is 2.20. The van der Waals surface area contributed by atoms with Gasteiger partial charge in [-0.2, -0.15) is 10.5 Å². The van der Waals surface area contributed by atoms with Crippen LogP contribution in [0.3, 0.4) is 0 Å². The summed E-state index contributed by atoms with van der Waals surface area (Å²) >= 11 is 0. The molecule has 4 nitrogen and oxygen atoms in total. The van der Waals surface area contributed by atoms with Gasteiger partial charge in [0.05, 0.1) is 11.1 Å². The third kappa shape index (κ3) is 3.98. The summed E-state index contributed by atoms with van der Waals surface area (Å²) in [6, 6.07) is 11.7. The maximum atomic E-state index is 13.4. The summed E-state index contributed by atoms with van der Waals surface area (Å²) in [6.45, 7) is 0.671. The third-order valence-corrected chi connectivity index (χ3v) is 4.12. The summed E-state index contributed by atoms with van der Waals surface area (Å²) in [5, 5.41) is 20.9. The Morgan fingerprint density at radius 2 is 1.30 bits per heavy atom. The van der Waals surface area contributed by atoms with E-state index in [1.807, 2.05) is 0 Å². The number of nitriles is 2. The molecule has 0 atom stereocenters. The van der Waals surface area contributed by atoms with E-state index in [0.29, 0.717) is 35.4 Å². The number of ketones is 1. The highest BCUT2D eigenvalue weighted by Gasteiger charge is 2.20. The van der Waals surface area contributed by atoms with Crippen LogP contribution >= 0.6 is 0 Å². The Balaban J connectivity index is 1.92. The largest absolute Gasteiger partial charge is 0.308 e. The Kier molecular flexibility index (Phi) is 5.21. The van der Waals surface area contributed by atoms with Gasteiger partial charge in [-0.25, -0.2) is 8.78 Å². The number of carbonyl (C=O) groups excluding carboxylic acids is 1. The van der Waals surface area contributed by atoms with Gasteiger partial charge >= 0.3 is 0 Å². The number of carbonyl (C=O) groups is 1. The molecule has 132 valence electrons. The van der Waals surface area contributed by atoms with E-state index in [1.54, 1.807) is 24.3 Å². The molecule has 0 aromatic heterocycles. The van der Waals surface area contributed by atoms with E-state index in [1.165, 1.54) is 36.4 Å². The summed E-state index contributed by atoms with van der Waals surface area (Å²) in [7, 11) is 0. The molecule has 0 saturated carbocycles. The molecule has 1 aliphatic heterocycles. The predicted octanol–water partition coefficient (Wildman–Crippen LogP) is 3.35. The van der Waals surface area contributed by atoms with Crippen molar-refractivity contribution in [2.45, 2.75) is 0 Å². The molecule has 0 amide bonds. The molecule has 1 aliphatic rings. The quantitative estimate of drug-likeness (QED) is 0.833. The van der Waals surface area contributed by atoms with Crippen LogP contribution in [0.1, 0.15) is 22.3 Å². The molecule has 3 rings (SSSR count). The van der Waals surface area contributed by atoms with Gasteiger partial charge in [0.1, 0.15) is 23.8 Å². The molecule has 0 bridgehead atoms. The van der Waals surface area contributed by atoms with Crippen molar-refractivity contribution in [3.05, 3.63) is 81.4 Å². The topological polar surface area (TPSA) is 76.7 Å². The van der Waals surface area contributed by atoms with Crippen LogP contribution in [0.25, 0.3) is 12.2 Å². The molecule has 0 unspecified atom stereocenters. The number of nitrogens with one attached hydrogen (secondary N) is 1. The molecule has 6 heteroatoms. The number of piperidine rings is 1. The lowest BCUT2D eigenvalue weighted by Gasteiger charge is -2.18. The standard InChI is InChI=1S/C21H13F2N3O/c22-19-3-1-13(5-15(19)9-24)7-17-11-26-12-18(21(17)27)8-14-2-4-20(23)16(6-14)10-25/h1-8,26H,11-12H2/b17-7+,18-8+. The second kappa shape index (κ2) is 7.74. The van der Waals surface area contributed by atoms with Gasteiger partial charge in [0, 0.05) is 24.2 Å². The number of nitrogens with zero attached hydrogens (tertiary/aromatic N) is 2. The average molecular weight is 361 g/mol. The van der Waals surface area contributed by atoms with Crippen LogP contribution in [-0.4, -0.2) is 18.9 Å². The van der Waals surface area contributed by atoms with Crippen molar-refractivity contribution in [2.75, 3.05) is 13.1 Å². The molecule has 1 saturated heterocycles. The maximum Gasteiger partial charge on any atom is 0.187 e. The fourth-order valence-electron chi connectivity index (χ4n) is 2.77. The number of Topliss-reactive ketones (excluding diaryl/α,β-unsaturated/α-hetero) is 1. The monoisotopic (exact) mass is 361 g/mol. The van der Waals surface area contributed by atoms with E-state index in [9.17, 15) is 13.6 Å². The van der Waals surface area contributed by atoms with Crippen molar-refractivity contribution in [3.63, 3.8) is 0 Å². The first-order valence-electron chi connectivity index (χ1n) is 8.07. The summed E-state index contributed by atoms with van der Waals surface area (Å²) < 4.78 is 26.9. The minimum atomic E-state index is -0.613. The van der Waals surface area contributed by atoms with Crippen molar-refractivity contribution >= 4 is 17.9 Å².